The summed E-state index contributed by atoms with van der Waals surface area (Å²) in [5, 5.41) is 4.02. The van der Waals surface area contributed by atoms with Gasteiger partial charge in [0.05, 0.1) is 0 Å². The van der Waals surface area contributed by atoms with Crippen LogP contribution >= 0.6 is 0 Å². The molecule has 1 heterocycles. The van der Waals surface area contributed by atoms with Crippen molar-refractivity contribution in [1.29, 1.82) is 0 Å². The first kappa shape index (κ1) is 19.2. The highest BCUT2D eigenvalue weighted by atomic mass is 16.5. The second-order valence-electron chi connectivity index (χ2n) is 7.66. The van der Waals surface area contributed by atoms with Gasteiger partial charge in [-0.1, -0.05) is 64.0 Å². The maximum absolute atomic E-state index is 12.8. The Kier molecular flexibility index (Phi) is 6.04. The lowest BCUT2D eigenvalue weighted by Crippen LogP contribution is -2.39. The fraction of sp³-hybridized carbons (Fsp3) is 0.524. The van der Waals surface area contributed by atoms with E-state index in [1.807, 2.05) is 17.0 Å². The zero-order valence-electron chi connectivity index (χ0n) is 16.3. The lowest BCUT2D eigenvalue weighted by Gasteiger charge is -2.27. The zero-order valence-corrected chi connectivity index (χ0v) is 16.3. The van der Waals surface area contributed by atoms with E-state index < -0.39 is 0 Å². The normalized spacial score (nSPS) is 12.9. The van der Waals surface area contributed by atoms with Gasteiger partial charge < -0.3 is 9.42 Å². The molecule has 0 aliphatic heterocycles. The Bertz CT molecular complexity index is 695. The van der Waals surface area contributed by atoms with Crippen LogP contribution in [0.1, 0.15) is 70.4 Å². The number of carbonyl (C=O) groups is 1. The molecular weight excluding hydrogens is 312 g/mol. The molecule has 4 heteroatoms. The molecule has 0 aliphatic carbocycles. The summed E-state index contributed by atoms with van der Waals surface area (Å²) in [6, 6.07) is 10.2. The largest absolute Gasteiger partial charge is 0.355 e. The van der Waals surface area contributed by atoms with Crippen molar-refractivity contribution in [3.63, 3.8) is 0 Å². The molecule has 0 saturated carbocycles. The Morgan fingerprint density at radius 1 is 1.20 bits per heavy atom. The highest BCUT2D eigenvalue weighted by molar-refractivity contribution is 5.93. The van der Waals surface area contributed by atoms with Gasteiger partial charge in [0, 0.05) is 24.2 Å². The van der Waals surface area contributed by atoms with Gasteiger partial charge in [-0.15, -0.1) is 0 Å². The maximum atomic E-state index is 12.8. The van der Waals surface area contributed by atoms with E-state index >= 15 is 0 Å². The molecule has 0 bridgehead atoms. The van der Waals surface area contributed by atoms with Crippen LogP contribution in [0, 0.1) is 0 Å². The molecule has 0 N–H and O–H groups in total. The fourth-order valence-corrected chi connectivity index (χ4v) is 2.78. The first-order valence-electron chi connectivity index (χ1n) is 9.16. The van der Waals surface area contributed by atoms with Crippen LogP contribution in [0.2, 0.25) is 0 Å². The Morgan fingerprint density at radius 2 is 1.84 bits per heavy atom. The summed E-state index contributed by atoms with van der Waals surface area (Å²) in [7, 11) is 0. The first-order valence-corrected chi connectivity index (χ1v) is 9.16. The number of nitrogens with zero attached hydrogens (tertiary/aromatic N) is 2. The number of hydrogen-bond donors (Lipinski definition) is 0. The molecule has 0 aliphatic rings. The number of hydrogen-bond acceptors (Lipinski definition) is 3. The van der Waals surface area contributed by atoms with Crippen LogP contribution in [-0.4, -0.2) is 28.6 Å². The third-order valence-corrected chi connectivity index (χ3v) is 4.61. The summed E-state index contributed by atoms with van der Waals surface area (Å²) in [5.41, 5.74) is 2.68. The van der Waals surface area contributed by atoms with E-state index in [2.05, 4.69) is 58.8 Å². The van der Waals surface area contributed by atoms with E-state index in [1.165, 1.54) is 5.56 Å². The minimum Gasteiger partial charge on any atom is -0.355 e. The van der Waals surface area contributed by atoms with E-state index in [1.54, 1.807) is 6.07 Å². The first-order chi connectivity index (χ1) is 11.8. The van der Waals surface area contributed by atoms with Crippen molar-refractivity contribution < 1.29 is 9.32 Å². The third kappa shape index (κ3) is 4.50. The van der Waals surface area contributed by atoms with Crippen LogP contribution in [0.4, 0.5) is 0 Å². The van der Waals surface area contributed by atoms with Gasteiger partial charge in [-0.25, -0.2) is 0 Å². The van der Waals surface area contributed by atoms with Gasteiger partial charge in [0.1, 0.15) is 0 Å². The summed E-state index contributed by atoms with van der Waals surface area (Å²) in [4.78, 5) is 14.6. The quantitative estimate of drug-likeness (QED) is 0.716. The Labute approximate surface area is 151 Å². The van der Waals surface area contributed by atoms with Crippen LogP contribution in [-0.2, 0) is 5.41 Å². The Morgan fingerprint density at radius 3 is 2.36 bits per heavy atom. The van der Waals surface area contributed by atoms with E-state index in [-0.39, 0.29) is 17.4 Å². The summed E-state index contributed by atoms with van der Waals surface area (Å²) in [5.74, 6) is 0.571. The van der Waals surface area contributed by atoms with E-state index in [0.717, 1.165) is 24.9 Å². The van der Waals surface area contributed by atoms with Gasteiger partial charge in [0.25, 0.3) is 5.91 Å². The summed E-state index contributed by atoms with van der Waals surface area (Å²) in [6.45, 7) is 13.5. The highest BCUT2D eigenvalue weighted by Crippen LogP contribution is 2.27. The molecule has 4 nitrogen and oxygen atoms in total. The molecule has 136 valence electrons. The number of rotatable bonds is 6. The molecule has 2 rings (SSSR count). The highest BCUT2D eigenvalue weighted by Gasteiger charge is 2.23. The topological polar surface area (TPSA) is 46.3 Å². The molecule has 0 unspecified atom stereocenters. The van der Waals surface area contributed by atoms with Gasteiger partial charge in [0.2, 0.25) is 0 Å². The van der Waals surface area contributed by atoms with Crippen molar-refractivity contribution in [1.82, 2.24) is 10.1 Å². The molecule has 0 fully saturated rings. The van der Waals surface area contributed by atoms with E-state index in [4.69, 9.17) is 4.52 Å². The Hall–Kier alpha value is -2.10. The predicted octanol–water partition coefficient (Wildman–Crippen LogP) is 5.29. The summed E-state index contributed by atoms with van der Waals surface area (Å²) in [6.07, 6.45) is 1.85. The van der Waals surface area contributed by atoms with Gasteiger partial charge in [0.15, 0.2) is 11.5 Å². The molecule has 0 saturated heterocycles. The molecule has 0 spiro atoms. The van der Waals surface area contributed by atoms with Crippen LogP contribution in [0.3, 0.4) is 0 Å². The monoisotopic (exact) mass is 342 g/mol. The standard InChI is InChI=1S/C21H30N2O2/c1-7-13-23(15(3)8-2)20(24)18-14-19(25-22-18)16-9-11-17(12-10-16)21(4,5)6/h9-12,14-15H,7-8,13H2,1-6H3/t15-/m0/s1. The number of carbonyl (C=O) groups excluding carboxylic acids is 1. The lowest BCUT2D eigenvalue weighted by atomic mass is 9.86. The Balaban J connectivity index is 2.22. The fourth-order valence-electron chi connectivity index (χ4n) is 2.78. The predicted molar refractivity (Wildman–Crippen MR) is 102 cm³/mol. The average molecular weight is 342 g/mol. The lowest BCUT2D eigenvalue weighted by molar-refractivity contribution is 0.0677. The number of amides is 1. The number of aromatic nitrogens is 1. The van der Waals surface area contributed by atoms with Crippen molar-refractivity contribution in [3.8, 4) is 11.3 Å². The molecule has 1 amide bonds. The van der Waals surface area contributed by atoms with Gasteiger partial charge in [-0.3, -0.25) is 4.79 Å². The summed E-state index contributed by atoms with van der Waals surface area (Å²) >= 11 is 0. The molecule has 1 aromatic heterocycles. The van der Waals surface area contributed by atoms with Crippen LogP contribution in [0.15, 0.2) is 34.9 Å². The van der Waals surface area contributed by atoms with Crippen molar-refractivity contribution in [3.05, 3.63) is 41.6 Å². The molecule has 2 aromatic rings. The smallest absolute Gasteiger partial charge is 0.276 e. The molecule has 25 heavy (non-hydrogen) atoms. The van der Waals surface area contributed by atoms with Crippen molar-refractivity contribution >= 4 is 5.91 Å². The third-order valence-electron chi connectivity index (χ3n) is 4.61. The second-order valence-corrected chi connectivity index (χ2v) is 7.66. The summed E-state index contributed by atoms with van der Waals surface area (Å²) < 4.78 is 5.44. The molecule has 0 radical (unpaired) electrons. The van der Waals surface area contributed by atoms with E-state index in [9.17, 15) is 4.79 Å². The average Bonchev–Trinajstić information content (AvgIpc) is 3.08. The van der Waals surface area contributed by atoms with Gasteiger partial charge >= 0.3 is 0 Å². The minimum absolute atomic E-state index is 0.0579. The zero-order chi connectivity index (χ0) is 18.6. The number of benzene rings is 1. The second kappa shape index (κ2) is 7.85. The molecular formula is C21H30N2O2. The maximum Gasteiger partial charge on any atom is 0.276 e. The van der Waals surface area contributed by atoms with Crippen LogP contribution in [0.5, 0.6) is 0 Å². The van der Waals surface area contributed by atoms with Gasteiger partial charge in [-0.2, -0.15) is 0 Å². The van der Waals surface area contributed by atoms with Crippen LogP contribution in [0.25, 0.3) is 11.3 Å². The van der Waals surface area contributed by atoms with Gasteiger partial charge in [-0.05, 0) is 30.7 Å². The van der Waals surface area contributed by atoms with Crippen molar-refractivity contribution in [2.75, 3.05) is 6.54 Å². The molecule has 1 atom stereocenters. The van der Waals surface area contributed by atoms with Crippen molar-refractivity contribution in [2.45, 2.75) is 65.8 Å². The SMILES string of the molecule is CCCN(C(=O)c1cc(-c2ccc(C(C)(C)C)cc2)on1)[C@@H](C)CC. The molecule has 1 aromatic carbocycles. The minimum atomic E-state index is -0.0579. The van der Waals surface area contributed by atoms with E-state index in [0.29, 0.717) is 11.5 Å². The van der Waals surface area contributed by atoms with Crippen LogP contribution < -0.4 is 0 Å². The van der Waals surface area contributed by atoms with Crippen molar-refractivity contribution in [2.24, 2.45) is 0 Å².